The first-order chi connectivity index (χ1) is 11.4. The third-order valence-electron chi connectivity index (χ3n) is 4.03. The van der Waals surface area contributed by atoms with Crippen LogP contribution in [-0.2, 0) is 9.59 Å². The van der Waals surface area contributed by atoms with Gasteiger partial charge in [0.05, 0.1) is 0 Å². The number of carbonyl (C=O) groups excluding carboxylic acids is 2. The van der Waals surface area contributed by atoms with Gasteiger partial charge in [-0.05, 0) is 12.8 Å². The number of rotatable bonds is 8. The summed E-state index contributed by atoms with van der Waals surface area (Å²) in [5, 5.41) is 23.9. The third-order valence-corrected chi connectivity index (χ3v) is 4.03. The van der Waals surface area contributed by atoms with E-state index >= 15 is 0 Å². The Morgan fingerprint density at radius 1 is 0.833 bits per heavy atom. The molecule has 132 valence electrons. The molecule has 0 radical (unpaired) electrons. The average molecular weight is 340 g/mol. The van der Waals surface area contributed by atoms with Crippen LogP contribution in [-0.4, -0.2) is 83.3 Å². The fourth-order valence-corrected chi connectivity index (χ4v) is 2.72. The molecule has 0 aromatic carbocycles. The van der Waals surface area contributed by atoms with Crippen molar-refractivity contribution >= 4 is 24.0 Å². The zero-order valence-corrected chi connectivity index (χ0v) is 13.1. The molecular weight excluding hydrogens is 320 g/mol. The number of hydrogen-bond acceptors (Lipinski definition) is 4. The second-order valence-corrected chi connectivity index (χ2v) is 5.51. The van der Waals surface area contributed by atoms with E-state index in [-0.39, 0.29) is 49.1 Å². The number of carbonyl (C=O) groups is 4. The van der Waals surface area contributed by atoms with E-state index in [2.05, 4.69) is 10.6 Å². The summed E-state index contributed by atoms with van der Waals surface area (Å²) in [4.78, 5) is 48.8. The van der Waals surface area contributed by atoms with Crippen LogP contribution in [0.25, 0.3) is 0 Å². The minimum Gasteiger partial charge on any atom is -0.478 e. The van der Waals surface area contributed by atoms with E-state index in [1.165, 1.54) is 9.80 Å². The van der Waals surface area contributed by atoms with Crippen molar-refractivity contribution in [3.63, 3.8) is 0 Å². The fraction of sp³-hybridized carbons (Fsp3) is 0.571. The van der Waals surface area contributed by atoms with Gasteiger partial charge in [0, 0.05) is 50.4 Å². The van der Waals surface area contributed by atoms with Crippen LogP contribution in [0.15, 0.2) is 11.1 Å². The molecule has 2 saturated heterocycles. The number of carboxylic acid groups (broad SMARTS) is 2. The van der Waals surface area contributed by atoms with Gasteiger partial charge in [-0.25, -0.2) is 19.2 Å². The largest absolute Gasteiger partial charge is 0.478 e. The maximum Gasteiger partial charge on any atom is 0.332 e. The Morgan fingerprint density at radius 3 is 1.46 bits per heavy atom. The van der Waals surface area contributed by atoms with Crippen molar-refractivity contribution in [2.45, 2.75) is 12.8 Å². The topological polar surface area (TPSA) is 139 Å². The Hall–Kier alpha value is -2.78. The molecule has 0 bridgehead atoms. The molecule has 0 aromatic rings. The van der Waals surface area contributed by atoms with Crippen LogP contribution in [0.5, 0.6) is 0 Å². The van der Waals surface area contributed by atoms with Crippen LogP contribution >= 0.6 is 0 Å². The van der Waals surface area contributed by atoms with E-state index in [4.69, 9.17) is 0 Å². The van der Waals surface area contributed by atoms with Crippen molar-refractivity contribution in [3.8, 4) is 0 Å². The molecule has 2 aliphatic heterocycles. The molecular formula is C14H20N4O6. The first-order valence-corrected chi connectivity index (χ1v) is 7.64. The van der Waals surface area contributed by atoms with Crippen molar-refractivity contribution in [2.75, 3.05) is 39.3 Å². The second-order valence-electron chi connectivity index (χ2n) is 5.51. The van der Waals surface area contributed by atoms with Gasteiger partial charge in [0.2, 0.25) is 0 Å². The van der Waals surface area contributed by atoms with Gasteiger partial charge >= 0.3 is 24.0 Å². The van der Waals surface area contributed by atoms with E-state index in [9.17, 15) is 29.4 Å². The van der Waals surface area contributed by atoms with Gasteiger partial charge in [-0.1, -0.05) is 0 Å². The zero-order chi connectivity index (χ0) is 17.7. The van der Waals surface area contributed by atoms with Crippen molar-refractivity contribution in [1.29, 1.82) is 0 Å². The molecule has 0 spiro atoms. The first kappa shape index (κ1) is 17.6. The summed E-state index contributed by atoms with van der Waals surface area (Å²) in [5.74, 6) is -2.64. The molecule has 0 unspecified atom stereocenters. The van der Waals surface area contributed by atoms with Gasteiger partial charge in [-0.15, -0.1) is 0 Å². The van der Waals surface area contributed by atoms with Crippen molar-refractivity contribution in [3.05, 3.63) is 11.1 Å². The summed E-state index contributed by atoms with van der Waals surface area (Å²) in [5.41, 5.74) is -0.469. The van der Waals surface area contributed by atoms with Crippen molar-refractivity contribution in [1.82, 2.24) is 20.4 Å². The van der Waals surface area contributed by atoms with Crippen LogP contribution in [0.4, 0.5) is 9.59 Å². The highest BCUT2D eigenvalue weighted by molar-refractivity contribution is 5.99. The Labute approximate surface area is 138 Å². The van der Waals surface area contributed by atoms with Crippen LogP contribution in [0.3, 0.4) is 0 Å². The Kier molecular flexibility index (Phi) is 5.61. The number of hydrogen-bond donors (Lipinski definition) is 4. The van der Waals surface area contributed by atoms with Crippen LogP contribution in [0, 0.1) is 0 Å². The number of carboxylic acids is 2. The van der Waals surface area contributed by atoms with Crippen LogP contribution in [0.2, 0.25) is 0 Å². The molecule has 10 nitrogen and oxygen atoms in total. The molecule has 10 heteroatoms. The summed E-state index contributed by atoms with van der Waals surface area (Å²) >= 11 is 0. The van der Waals surface area contributed by atoms with Gasteiger partial charge < -0.3 is 30.6 Å². The standard InChI is InChI=1S/C14H20N4O6/c19-11(20)9(1-5-17-7-3-15-13(17)23)10(12(21)22)2-6-18-8-4-16-14(18)24/h1-8H2,(H,15,23)(H,16,24)(H,19,20)(H,21,22). The van der Waals surface area contributed by atoms with Gasteiger partial charge in [-0.2, -0.15) is 0 Å². The number of nitrogens with one attached hydrogen (secondary N) is 2. The lowest BCUT2D eigenvalue weighted by Crippen LogP contribution is -2.31. The Morgan fingerprint density at radius 2 is 1.21 bits per heavy atom. The number of nitrogens with zero attached hydrogens (tertiary/aromatic N) is 2. The monoisotopic (exact) mass is 340 g/mol. The van der Waals surface area contributed by atoms with E-state index in [1.807, 2.05) is 0 Å². The fourth-order valence-electron chi connectivity index (χ4n) is 2.72. The third kappa shape index (κ3) is 4.15. The van der Waals surface area contributed by atoms with Crippen LogP contribution < -0.4 is 10.6 Å². The lowest BCUT2D eigenvalue weighted by molar-refractivity contribution is -0.136. The Balaban J connectivity index is 2.07. The summed E-state index contributed by atoms with van der Waals surface area (Å²) < 4.78 is 0. The van der Waals surface area contributed by atoms with E-state index in [0.29, 0.717) is 26.2 Å². The predicted octanol–water partition coefficient (Wildman–Crippen LogP) is -0.717. The lowest BCUT2D eigenvalue weighted by Gasteiger charge is -2.17. The summed E-state index contributed by atoms with van der Waals surface area (Å²) in [6, 6.07) is -0.573. The van der Waals surface area contributed by atoms with Crippen molar-refractivity contribution in [2.24, 2.45) is 0 Å². The van der Waals surface area contributed by atoms with Gasteiger partial charge in [-0.3, -0.25) is 0 Å². The second kappa shape index (κ2) is 7.66. The minimum atomic E-state index is -1.32. The smallest absolute Gasteiger partial charge is 0.332 e. The molecule has 2 rings (SSSR count). The number of urea groups is 2. The highest BCUT2D eigenvalue weighted by atomic mass is 16.4. The summed E-state index contributed by atoms with van der Waals surface area (Å²) in [6.45, 7) is 2.16. The molecule has 2 heterocycles. The lowest BCUT2D eigenvalue weighted by atomic mass is 10.0. The molecule has 0 aromatic heterocycles. The molecule has 4 N–H and O–H groups in total. The Bertz CT molecular complexity index is 538. The van der Waals surface area contributed by atoms with Crippen LogP contribution in [0.1, 0.15) is 12.8 Å². The molecule has 2 fully saturated rings. The highest BCUT2D eigenvalue weighted by Gasteiger charge is 2.26. The van der Waals surface area contributed by atoms with Gasteiger partial charge in [0.15, 0.2) is 0 Å². The van der Waals surface area contributed by atoms with Crippen molar-refractivity contribution < 1.29 is 29.4 Å². The normalized spacial score (nSPS) is 18.3. The summed E-state index contributed by atoms with van der Waals surface area (Å²) in [7, 11) is 0. The molecule has 0 saturated carbocycles. The highest BCUT2D eigenvalue weighted by Crippen LogP contribution is 2.16. The van der Waals surface area contributed by atoms with E-state index in [0.717, 1.165) is 0 Å². The molecule has 4 amide bonds. The average Bonchev–Trinajstić information content (AvgIpc) is 3.10. The molecule has 24 heavy (non-hydrogen) atoms. The summed E-state index contributed by atoms with van der Waals surface area (Å²) in [6.07, 6.45) is -0.118. The zero-order valence-electron chi connectivity index (χ0n) is 13.1. The quantitative estimate of drug-likeness (QED) is 0.430. The predicted molar refractivity (Wildman–Crippen MR) is 81.5 cm³/mol. The molecule has 2 aliphatic rings. The van der Waals surface area contributed by atoms with E-state index < -0.39 is 11.9 Å². The maximum absolute atomic E-state index is 11.5. The number of aliphatic carboxylic acids is 2. The number of amides is 4. The maximum atomic E-state index is 11.5. The first-order valence-electron chi connectivity index (χ1n) is 7.64. The minimum absolute atomic E-state index is 0.0589. The van der Waals surface area contributed by atoms with E-state index in [1.54, 1.807) is 0 Å². The molecule has 0 atom stereocenters. The SMILES string of the molecule is O=C(O)C(CCN1CCNC1=O)=C(CCN1CCNC1=O)C(=O)O. The molecule has 0 aliphatic carbocycles. The van der Waals surface area contributed by atoms with Gasteiger partial charge in [0.25, 0.3) is 0 Å². The van der Waals surface area contributed by atoms with Gasteiger partial charge in [0.1, 0.15) is 0 Å².